The van der Waals surface area contributed by atoms with E-state index in [1.807, 2.05) is 0 Å². The van der Waals surface area contributed by atoms with Crippen molar-refractivity contribution in [2.75, 3.05) is 0 Å². The predicted molar refractivity (Wildman–Crippen MR) is 96.1 cm³/mol. The van der Waals surface area contributed by atoms with Crippen LogP contribution in [0.15, 0.2) is 12.4 Å². The van der Waals surface area contributed by atoms with Crippen molar-refractivity contribution in [1.29, 1.82) is 0 Å². The van der Waals surface area contributed by atoms with Crippen molar-refractivity contribution >= 4 is 0 Å². The van der Waals surface area contributed by atoms with Gasteiger partial charge in [0.1, 0.15) is 12.4 Å². The predicted octanol–water partition coefficient (Wildman–Crippen LogP) is 5.67. The summed E-state index contributed by atoms with van der Waals surface area (Å²) in [5.74, 6) is 1.56. The third-order valence-corrected chi connectivity index (χ3v) is 4.56. The first-order valence-electron chi connectivity index (χ1n) is 9.90. The highest BCUT2D eigenvalue weighted by Gasteiger charge is 2.15. The SMILES string of the molecule is CCCCCCCCC[n+]1ccn(CCC)c1CCCCC. The van der Waals surface area contributed by atoms with Crippen molar-refractivity contribution in [1.82, 2.24) is 4.57 Å². The zero-order valence-electron chi connectivity index (χ0n) is 15.4. The third-order valence-electron chi connectivity index (χ3n) is 4.56. The summed E-state index contributed by atoms with van der Waals surface area (Å²) in [6.45, 7) is 9.24. The van der Waals surface area contributed by atoms with Crippen molar-refractivity contribution < 1.29 is 4.57 Å². The molecule has 0 unspecified atom stereocenters. The van der Waals surface area contributed by atoms with Gasteiger partial charge in [-0.2, -0.15) is 0 Å². The number of aromatic nitrogens is 2. The molecule has 0 spiro atoms. The molecule has 2 heteroatoms. The molecule has 1 heterocycles. The molecule has 1 aromatic rings. The summed E-state index contributed by atoms with van der Waals surface area (Å²) in [4.78, 5) is 0. The van der Waals surface area contributed by atoms with Crippen molar-refractivity contribution in [2.24, 2.45) is 0 Å². The van der Waals surface area contributed by atoms with Gasteiger partial charge in [0.15, 0.2) is 0 Å². The van der Waals surface area contributed by atoms with E-state index in [9.17, 15) is 0 Å². The maximum atomic E-state index is 2.53. The second-order valence-corrected chi connectivity index (χ2v) is 6.68. The Hall–Kier alpha value is -0.790. The molecule has 0 aliphatic rings. The number of unbranched alkanes of at least 4 members (excludes halogenated alkanes) is 8. The molecular formula is C20H39N2+. The minimum Gasteiger partial charge on any atom is -0.234 e. The Kier molecular flexibility index (Phi) is 11.1. The molecule has 0 N–H and O–H groups in total. The maximum Gasteiger partial charge on any atom is 0.256 e. The minimum atomic E-state index is 1.17. The lowest BCUT2D eigenvalue weighted by atomic mass is 10.1. The first kappa shape index (κ1) is 19.3. The zero-order chi connectivity index (χ0) is 16.0. The summed E-state index contributed by atoms with van der Waals surface area (Å²) < 4.78 is 5.01. The van der Waals surface area contributed by atoms with E-state index in [-0.39, 0.29) is 0 Å². The monoisotopic (exact) mass is 307 g/mol. The second-order valence-electron chi connectivity index (χ2n) is 6.68. The third kappa shape index (κ3) is 7.47. The highest BCUT2D eigenvalue weighted by atomic mass is 15.1. The molecule has 1 rings (SSSR count). The largest absolute Gasteiger partial charge is 0.256 e. The van der Waals surface area contributed by atoms with Crippen LogP contribution in [0.4, 0.5) is 0 Å². The van der Waals surface area contributed by atoms with E-state index in [2.05, 4.69) is 42.3 Å². The lowest BCUT2D eigenvalue weighted by Crippen LogP contribution is -2.37. The summed E-state index contributed by atoms with van der Waals surface area (Å²) >= 11 is 0. The Morgan fingerprint density at radius 2 is 1.41 bits per heavy atom. The fourth-order valence-electron chi connectivity index (χ4n) is 3.21. The molecule has 2 nitrogen and oxygen atoms in total. The zero-order valence-corrected chi connectivity index (χ0v) is 15.4. The Bertz CT molecular complexity index is 368. The van der Waals surface area contributed by atoms with Crippen molar-refractivity contribution in [3.05, 3.63) is 18.2 Å². The van der Waals surface area contributed by atoms with Crippen LogP contribution in [0.25, 0.3) is 0 Å². The van der Waals surface area contributed by atoms with Gasteiger partial charge >= 0.3 is 0 Å². The van der Waals surface area contributed by atoms with Crippen LogP contribution < -0.4 is 4.57 Å². The van der Waals surface area contributed by atoms with Gasteiger partial charge in [-0.15, -0.1) is 0 Å². The first-order chi connectivity index (χ1) is 10.8. The molecule has 0 saturated carbocycles. The Labute approximate surface area is 138 Å². The lowest BCUT2D eigenvalue weighted by Gasteiger charge is -2.05. The summed E-state index contributed by atoms with van der Waals surface area (Å²) in [5.41, 5.74) is 0. The van der Waals surface area contributed by atoms with E-state index >= 15 is 0 Å². The van der Waals surface area contributed by atoms with E-state index in [0.717, 1.165) is 0 Å². The van der Waals surface area contributed by atoms with E-state index in [0.29, 0.717) is 0 Å². The molecule has 0 saturated heterocycles. The molecule has 0 aliphatic heterocycles. The molecule has 0 atom stereocenters. The maximum absolute atomic E-state index is 2.53. The summed E-state index contributed by atoms with van der Waals surface area (Å²) in [6, 6.07) is 0. The molecule has 0 bridgehead atoms. The van der Waals surface area contributed by atoms with E-state index in [1.165, 1.54) is 90.1 Å². The molecule has 0 aliphatic carbocycles. The van der Waals surface area contributed by atoms with Crippen molar-refractivity contribution in [3.63, 3.8) is 0 Å². The highest BCUT2D eigenvalue weighted by molar-refractivity contribution is 4.84. The van der Waals surface area contributed by atoms with Crippen LogP contribution in [0, 0.1) is 0 Å². The first-order valence-corrected chi connectivity index (χ1v) is 9.90. The fourth-order valence-corrected chi connectivity index (χ4v) is 3.21. The molecule has 22 heavy (non-hydrogen) atoms. The van der Waals surface area contributed by atoms with Gasteiger partial charge in [-0.25, -0.2) is 9.13 Å². The molecule has 0 aromatic carbocycles. The number of aryl methyl sites for hydroxylation is 2. The molecular weight excluding hydrogens is 268 g/mol. The van der Waals surface area contributed by atoms with Crippen LogP contribution in [0.5, 0.6) is 0 Å². The van der Waals surface area contributed by atoms with Crippen molar-refractivity contribution in [3.8, 4) is 0 Å². The molecule has 0 radical (unpaired) electrons. The topological polar surface area (TPSA) is 8.81 Å². The van der Waals surface area contributed by atoms with Gasteiger partial charge in [0.25, 0.3) is 5.82 Å². The van der Waals surface area contributed by atoms with Gasteiger partial charge in [-0.05, 0) is 25.7 Å². The van der Waals surface area contributed by atoms with Crippen LogP contribution in [0.1, 0.15) is 97.2 Å². The minimum absolute atomic E-state index is 1.17. The summed E-state index contributed by atoms with van der Waals surface area (Å²) in [7, 11) is 0. The highest BCUT2D eigenvalue weighted by Crippen LogP contribution is 2.09. The van der Waals surface area contributed by atoms with E-state index < -0.39 is 0 Å². The summed E-state index contributed by atoms with van der Waals surface area (Å²) in [6.07, 6.45) is 20.9. The fraction of sp³-hybridized carbons (Fsp3) is 0.850. The number of hydrogen-bond donors (Lipinski definition) is 0. The van der Waals surface area contributed by atoms with Crippen LogP contribution >= 0.6 is 0 Å². The van der Waals surface area contributed by atoms with Crippen molar-refractivity contribution in [2.45, 2.75) is 111 Å². The van der Waals surface area contributed by atoms with Crippen LogP contribution in [-0.4, -0.2) is 4.57 Å². The summed E-state index contributed by atoms with van der Waals surface area (Å²) in [5, 5.41) is 0. The molecule has 0 amide bonds. The average Bonchev–Trinajstić information content (AvgIpc) is 2.89. The van der Waals surface area contributed by atoms with E-state index in [4.69, 9.17) is 0 Å². The lowest BCUT2D eigenvalue weighted by molar-refractivity contribution is -0.704. The Morgan fingerprint density at radius 3 is 2.09 bits per heavy atom. The smallest absolute Gasteiger partial charge is 0.234 e. The number of hydrogen-bond acceptors (Lipinski definition) is 0. The molecule has 1 aromatic heterocycles. The Morgan fingerprint density at radius 1 is 0.773 bits per heavy atom. The normalized spacial score (nSPS) is 11.2. The standard InChI is InChI=1S/C20H39N2/c1-4-7-9-10-11-12-14-17-22-19-18-21(16-6-3)20(22)15-13-8-5-2/h18-19H,4-17H2,1-3H3/q+1. The van der Waals surface area contributed by atoms with Gasteiger partial charge in [0.05, 0.1) is 13.1 Å². The van der Waals surface area contributed by atoms with E-state index in [1.54, 1.807) is 5.82 Å². The van der Waals surface area contributed by atoms with Gasteiger partial charge in [-0.1, -0.05) is 65.7 Å². The van der Waals surface area contributed by atoms with Crippen LogP contribution in [0.2, 0.25) is 0 Å². The number of rotatable bonds is 14. The van der Waals surface area contributed by atoms with Crippen LogP contribution in [0.3, 0.4) is 0 Å². The molecule has 128 valence electrons. The van der Waals surface area contributed by atoms with Gasteiger partial charge < -0.3 is 0 Å². The number of nitrogens with zero attached hydrogens (tertiary/aromatic N) is 2. The number of imidazole rings is 1. The molecule has 0 fully saturated rings. The Balaban J connectivity index is 2.37. The van der Waals surface area contributed by atoms with Crippen LogP contribution in [-0.2, 0) is 19.5 Å². The second kappa shape index (κ2) is 12.7. The van der Waals surface area contributed by atoms with Gasteiger partial charge in [0, 0.05) is 6.42 Å². The van der Waals surface area contributed by atoms with Gasteiger partial charge in [0.2, 0.25) is 0 Å². The van der Waals surface area contributed by atoms with Gasteiger partial charge in [-0.3, -0.25) is 0 Å². The quantitative estimate of drug-likeness (QED) is 0.309. The average molecular weight is 308 g/mol.